The number of benzene rings is 1. The second-order valence-corrected chi connectivity index (χ2v) is 13.7. The molecule has 0 unspecified atom stereocenters. The number of pyridine rings is 1. The van der Waals surface area contributed by atoms with Gasteiger partial charge in [0, 0.05) is 41.1 Å². The Labute approximate surface area is 238 Å². The maximum Gasteiger partial charge on any atom is 0.214 e. The SMILES string of the molecule is CC(C)CC1(COc2ccc3c(n2)sc2nc(-c4ccc(CC(=O)Cc5cc(C(C)(C)C)on5)cc4)cn23)CC1. The van der Waals surface area contributed by atoms with Gasteiger partial charge in [0.25, 0.3) is 0 Å². The molecular formula is C32H36N4O3S. The molecule has 7 nitrogen and oxygen atoms in total. The molecule has 4 aromatic heterocycles. The zero-order valence-electron chi connectivity index (χ0n) is 23.9. The number of imidazole rings is 1. The molecule has 8 heteroatoms. The van der Waals surface area contributed by atoms with Gasteiger partial charge in [0.1, 0.15) is 16.4 Å². The number of fused-ring (bicyclic) bond motifs is 3. The van der Waals surface area contributed by atoms with Gasteiger partial charge in [0.15, 0.2) is 4.96 Å². The molecule has 0 saturated heterocycles. The summed E-state index contributed by atoms with van der Waals surface area (Å²) in [5.41, 5.74) is 4.81. The highest BCUT2D eigenvalue weighted by molar-refractivity contribution is 7.23. The fourth-order valence-electron chi connectivity index (χ4n) is 5.30. The zero-order valence-corrected chi connectivity index (χ0v) is 24.7. The van der Waals surface area contributed by atoms with Gasteiger partial charge in [-0.2, -0.15) is 0 Å². The number of nitrogens with zero attached hydrogens (tertiary/aromatic N) is 4. The molecule has 0 bridgehead atoms. The van der Waals surface area contributed by atoms with Crippen LogP contribution in [0.25, 0.3) is 26.6 Å². The molecule has 0 amide bonds. The van der Waals surface area contributed by atoms with E-state index in [1.165, 1.54) is 19.3 Å². The molecule has 208 valence electrons. The average molecular weight is 557 g/mol. The van der Waals surface area contributed by atoms with Crippen LogP contribution in [0.2, 0.25) is 0 Å². The monoisotopic (exact) mass is 556 g/mol. The van der Waals surface area contributed by atoms with E-state index in [2.05, 4.69) is 56.4 Å². The minimum atomic E-state index is -0.127. The molecule has 0 N–H and O–H groups in total. The van der Waals surface area contributed by atoms with Gasteiger partial charge >= 0.3 is 0 Å². The van der Waals surface area contributed by atoms with Crippen molar-refractivity contribution >= 4 is 32.4 Å². The van der Waals surface area contributed by atoms with Gasteiger partial charge in [0.2, 0.25) is 5.88 Å². The Bertz CT molecular complexity index is 1670. The fourth-order valence-corrected chi connectivity index (χ4v) is 6.27. The van der Waals surface area contributed by atoms with Crippen molar-refractivity contribution in [1.82, 2.24) is 19.5 Å². The van der Waals surface area contributed by atoms with Crippen molar-refractivity contribution in [1.29, 1.82) is 0 Å². The number of ketones is 1. The van der Waals surface area contributed by atoms with Crippen molar-refractivity contribution in [2.45, 2.75) is 72.1 Å². The molecule has 1 aliphatic rings. The largest absolute Gasteiger partial charge is 0.477 e. The first-order chi connectivity index (χ1) is 19.1. The van der Waals surface area contributed by atoms with E-state index >= 15 is 0 Å². The average Bonchev–Trinajstić information content (AvgIpc) is 3.20. The molecule has 40 heavy (non-hydrogen) atoms. The van der Waals surface area contributed by atoms with Gasteiger partial charge in [-0.1, -0.05) is 75.4 Å². The van der Waals surface area contributed by atoms with E-state index in [0.717, 1.165) is 44.5 Å². The predicted octanol–water partition coefficient (Wildman–Crippen LogP) is 7.46. The van der Waals surface area contributed by atoms with E-state index in [9.17, 15) is 4.79 Å². The van der Waals surface area contributed by atoms with Crippen LogP contribution in [0.1, 0.15) is 70.9 Å². The summed E-state index contributed by atoms with van der Waals surface area (Å²) in [6.07, 6.45) is 6.39. The van der Waals surface area contributed by atoms with Crippen molar-refractivity contribution in [2.24, 2.45) is 11.3 Å². The molecule has 0 aliphatic heterocycles. The van der Waals surface area contributed by atoms with Gasteiger partial charge in [0.05, 0.1) is 29.9 Å². The third-order valence-electron chi connectivity index (χ3n) is 7.59. The minimum absolute atomic E-state index is 0.110. The lowest BCUT2D eigenvalue weighted by molar-refractivity contribution is -0.117. The summed E-state index contributed by atoms with van der Waals surface area (Å²) in [6.45, 7) is 11.5. The highest BCUT2D eigenvalue weighted by Crippen LogP contribution is 2.50. The van der Waals surface area contributed by atoms with E-state index in [1.807, 2.05) is 36.4 Å². The lowest BCUT2D eigenvalue weighted by atomic mass is 9.93. The summed E-state index contributed by atoms with van der Waals surface area (Å²) in [5, 5.41) is 4.07. The van der Waals surface area contributed by atoms with Crippen molar-refractivity contribution in [2.75, 3.05) is 6.61 Å². The Hall–Kier alpha value is -3.52. The normalized spacial score (nSPS) is 14.8. The first kappa shape index (κ1) is 26.7. The van der Waals surface area contributed by atoms with Crippen LogP contribution in [0.5, 0.6) is 5.88 Å². The Morgan fingerprint density at radius 1 is 1.10 bits per heavy atom. The Morgan fingerprint density at radius 2 is 1.88 bits per heavy atom. The maximum atomic E-state index is 12.7. The summed E-state index contributed by atoms with van der Waals surface area (Å²) < 4.78 is 13.6. The number of rotatable bonds is 10. The molecule has 1 fully saturated rings. The zero-order chi connectivity index (χ0) is 28.1. The third kappa shape index (κ3) is 5.68. The van der Waals surface area contributed by atoms with E-state index < -0.39 is 0 Å². The highest BCUT2D eigenvalue weighted by atomic mass is 32.1. The maximum absolute atomic E-state index is 12.7. The van der Waals surface area contributed by atoms with E-state index in [-0.39, 0.29) is 17.6 Å². The van der Waals surface area contributed by atoms with Crippen LogP contribution in [0.3, 0.4) is 0 Å². The third-order valence-corrected chi connectivity index (χ3v) is 8.55. The summed E-state index contributed by atoms with van der Waals surface area (Å²) in [6, 6.07) is 14.0. The number of hydrogen-bond donors (Lipinski definition) is 0. The minimum Gasteiger partial charge on any atom is -0.477 e. The van der Waals surface area contributed by atoms with Crippen LogP contribution in [-0.4, -0.2) is 31.9 Å². The van der Waals surface area contributed by atoms with Crippen molar-refractivity contribution in [3.8, 4) is 17.1 Å². The standard InChI is InChI=1S/C32H36N4O3S/c1-20(2)17-32(12-13-32)19-38-28-11-10-26-29(34-28)40-30-33-25(18-36(26)30)22-8-6-21(7-9-22)14-24(37)15-23-16-27(39-35-23)31(3,4)5/h6-11,16,18,20H,12-15,17,19H2,1-5H3. The van der Waals surface area contributed by atoms with Crippen LogP contribution in [0, 0.1) is 11.3 Å². The number of ether oxygens (including phenoxy) is 1. The van der Waals surface area contributed by atoms with Crippen LogP contribution >= 0.6 is 11.3 Å². The number of hydrogen-bond acceptors (Lipinski definition) is 7. The van der Waals surface area contributed by atoms with E-state index in [4.69, 9.17) is 19.2 Å². The smallest absolute Gasteiger partial charge is 0.214 e. The quantitative estimate of drug-likeness (QED) is 0.178. The summed E-state index contributed by atoms with van der Waals surface area (Å²) in [5.74, 6) is 2.28. The van der Waals surface area contributed by atoms with Crippen LogP contribution < -0.4 is 4.74 Å². The number of thiazole rings is 1. The first-order valence-corrected chi connectivity index (χ1v) is 14.9. The van der Waals surface area contributed by atoms with Crippen molar-refractivity contribution in [3.05, 3.63) is 65.7 Å². The van der Waals surface area contributed by atoms with Crippen LogP contribution in [0.15, 0.2) is 53.2 Å². The summed E-state index contributed by atoms with van der Waals surface area (Å²) >= 11 is 1.57. The van der Waals surface area contributed by atoms with E-state index in [0.29, 0.717) is 29.3 Å². The first-order valence-electron chi connectivity index (χ1n) is 14.1. The molecule has 0 atom stereocenters. The highest BCUT2D eigenvalue weighted by Gasteiger charge is 2.43. The summed E-state index contributed by atoms with van der Waals surface area (Å²) in [7, 11) is 0. The second-order valence-electron chi connectivity index (χ2n) is 12.8. The molecular weight excluding hydrogens is 520 g/mol. The molecule has 1 aromatic carbocycles. The van der Waals surface area contributed by atoms with Gasteiger partial charge < -0.3 is 9.26 Å². The molecule has 0 radical (unpaired) electrons. The van der Waals surface area contributed by atoms with Gasteiger partial charge in [-0.05, 0) is 36.8 Å². The van der Waals surface area contributed by atoms with Crippen LogP contribution in [-0.2, 0) is 23.1 Å². The summed E-state index contributed by atoms with van der Waals surface area (Å²) in [4.78, 5) is 24.1. The second kappa shape index (κ2) is 10.1. The Kier molecular flexibility index (Phi) is 6.77. The number of Topliss-reactive ketones (excluding diaryl/α,β-unsaturated/α-hetero) is 1. The number of aromatic nitrogens is 4. The number of carbonyl (C=O) groups is 1. The van der Waals surface area contributed by atoms with Crippen molar-refractivity contribution in [3.63, 3.8) is 0 Å². The Balaban J connectivity index is 1.10. The molecule has 1 aliphatic carbocycles. The van der Waals surface area contributed by atoms with Gasteiger partial charge in [-0.3, -0.25) is 9.20 Å². The fraction of sp³-hybridized carbons (Fsp3) is 0.438. The predicted molar refractivity (Wildman–Crippen MR) is 158 cm³/mol. The molecule has 0 spiro atoms. The van der Waals surface area contributed by atoms with E-state index in [1.54, 1.807) is 11.3 Å². The number of carbonyl (C=O) groups excluding carboxylic acids is 1. The van der Waals surface area contributed by atoms with Gasteiger partial charge in [-0.25, -0.2) is 9.97 Å². The topological polar surface area (TPSA) is 82.5 Å². The molecule has 4 heterocycles. The van der Waals surface area contributed by atoms with Crippen molar-refractivity contribution < 1.29 is 14.1 Å². The lowest BCUT2D eigenvalue weighted by Gasteiger charge is -2.17. The Morgan fingerprint density at radius 3 is 2.55 bits per heavy atom. The van der Waals surface area contributed by atoms with Crippen LogP contribution in [0.4, 0.5) is 0 Å². The molecule has 1 saturated carbocycles. The molecule has 6 rings (SSSR count). The molecule has 5 aromatic rings. The lowest BCUT2D eigenvalue weighted by Crippen LogP contribution is -2.15. The van der Waals surface area contributed by atoms with Gasteiger partial charge in [-0.15, -0.1) is 0 Å².